The Morgan fingerprint density at radius 3 is 3.05 bits per heavy atom. The number of nitrogens with one attached hydrogen (secondary N) is 1. The van der Waals surface area contributed by atoms with Gasteiger partial charge in [-0.05, 0) is 31.0 Å². The number of carbonyl (C=O) groups is 1. The minimum absolute atomic E-state index is 0.139. The van der Waals surface area contributed by atoms with Crippen molar-refractivity contribution in [3.63, 3.8) is 0 Å². The van der Waals surface area contributed by atoms with Crippen LogP contribution in [0.5, 0.6) is 5.75 Å². The van der Waals surface area contributed by atoms with Crippen molar-refractivity contribution in [3.05, 3.63) is 29.6 Å². The molecule has 4 nitrogen and oxygen atoms in total. The van der Waals surface area contributed by atoms with E-state index in [1.165, 1.54) is 19.2 Å². The van der Waals surface area contributed by atoms with Gasteiger partial charge in [-0.3, -0.25) is 4.79 Å². The molecule has 1 heterocycles. The number of methoxy groups -OCH3 is 1. The third-order valence-electron chi connectivity index (χ3n) is 3.16. The molecule has 104 valence electrons. The molecule has 1 N–H and O–H groups in total. The van der Waals surface area contributed by atoms with Crippen LogP contribution in [0.4, 0.5) is 4.39 Å². The van der Waals surface area contributed by atoms with Crippen molar-refractivity contribution in [1.29, 1.82) is 0 Å². The van der Waals surface area contributed by atoms with Gasteiger partial charge in [-0.25, -0.2) is 4.39 Å². The van der Waals surface area contributed by atoms with E-state index in [-0.39, 0.29) is 24.2 Å². The minimum atomic E-state index is -0.521. The average Bonchev–Trinajstić information content (AvgIpc) is 2.91. The van der Waals surface area contributed by atoms with Crippen LogP contribution < -0.4 is 10.1 Å². The van der Waals surface area contributed by atoms with E-state index < -0.39 is 5.82 Å². The Bertz CT molecular complexity index is 444. The van der Waals surface area contributed by atoms with E-state index in [1.807, 2.05) is 0 Å². The zero-order valence-electron chi connectivity index (χ0n) is 10.9. The summed E-state index contributed by atoms with van der Waals surface area (Å²) in [5.41, 5.74) is 0.346. The number of hydrogen-bond donors (Lipinski definition) is 1. The van der Waals surface area contributed by atoms with Crippen molar-refractivity contribution >= 4 is 5.78 Å². The number of rotatable bonds is 6. The van der Waals surface area contributed by atoms with Crippen LogP contribution in [0.1, 0.15) is 23.2 Å². The van der Waals surface area contributed by atoms with Gasteiger partial charge in [0.2, 0.25) is 0 Å². The molecule has 1 aromatic carbocycles. The lowest BCUT2D eigenvalue weighted by molar-refractivity contribution is 0.0955. The minimum Gasteiger partial charge on any atom is -0.494 e. The molecule has 0 bridgehead atoms. The zero-order chi connectivity index (χ0) is 13.7. The topological polar surface area (TPSA) is 47.6 Å². The molecule has 1 aliphatic heterocycles. The first-order valence-corrected chi connectivity index (χ1v) is 6.40. The van der Waals surface area contributed by atoms with Crippen molar-refractivity contribution in [2.45, 2.75) is 18.9 Å². The highest BCUT2D eigenvalue weighted by Gasteiger charge is 2.16. The van der Waals surface area contributed by atoms with E-state index >= 15 is 0 Å². The molecule has 19 heavy (non-hydrogen) atoms. The lowest BCUT2D eigenvalue weighted by atomic mass is 10.1. The monoisotopic (exact) mass is 267 g/mol. The summed E-state index contributed by atoms with van der Waals surface area (Å²) in [4.78, 5) is 11.9. The van der Waals surface area contributed by atoms with Gasteiger partial charge in [0.1, 0.15) is 0 Å². The Labute approximate surface area is 111 Å². The van der Waals surface area contributed by atoms with Crippen molar-refractivity contribution in [2.75, 3.05) is 26.8 Å². The highest BCUT2D eigenvalue weighted by atomic mass is 19.1. The van der Waals surface area contributed by atoms with Crippen LogP contribution in [0.25, 0.3) is 0 Å². The SMILES string of the molecule is COc1ccc(C(=O)CNCC2CCCO2)cc1F. The lowest BCUT2D eigenvalue weighted by Crippen LogP contribution is -2.30. The van der Waals surface area contributed by atoms with Gasteiger partial charge in [-0.2, -0.15) is 0 Å². The Morgan fingerprint density at radius 2 is 2.42 bits per heavy atom. The summed E-state index contributed by atoms with van der Waals surface area (Å²) < 4.78 is 23.7. The summed E-state index contributed by atoms with van der Waals surface area (Å²) in [5.74, 6) is -0.518. The molecule has 2 rings (SSSR count). The maximum Gasteiger partial charge on any atom is 0.176 e. The largest absolute Gasteiger partial charge is 0.494 e. The Hall–Kier alpha value is -1.46. The highest BCUT2D eigenvalue weighted by Crippen LogP contribution is 2.17. The van der Waals surface area contributed by atoms with E-state index in [1.54, 1.807) is 6.07 Å². The third-order valence-corrected chi connectivity index (χ3v) is 3.16. The van der Waals surface area contributed by atoms with Crippen molar-refractivity contribution in [2.24, 2.45) is 0 Å². The molecule has 0 amide bonds. The molecular weight excluding hydrogens is 249 g/mol. The van der Waals surface area contributed by atoms with Crippen molar-refractivity contribution in [1.82, 2.24) is 5.32 Å². The number of hydrogen-bond acceptors (Lipinski definition) is 4. The molecule has 0 radical (unpaired) electrons. The highest BCUT2D eigenvalue weighted by molar-refractivity contribution is 5.97. The normalized spacial score (nSPS) is 18.5. The Morgan fingerprint density at radius 1 is 1.58 bits per heavy atom. The standard InChI is InChI=1S/C14H18FNO3/c1-18-14-5-4-10(7-12(14)15)13(17)9-16-8-11-3-2-6-19-11/h4-5,7,11,16H,2-3,6,8-9H2,1H3. The summed E-state index contributed by atoms with van der Waals surface area (Å²) in [5, 5.41) is 3.05. The third kappa shape index (κ3) is 3.75. The van der Waals surface area contributed by atoms with Gasteiger partial charge in [-0.15, -0.1) is 0 Å². The summed E-state index contributed by atoms with van der Waals surface area (Å²) in [6.45, 7) is 1.64. The first-order valence-electron chi connectivity index (χ1n) is 6.40. The van der Waals surface area contributed by atoms with Crippen LogP contribution in [-0.2, 0) is 4.74 Å². The maximum atomic E-state index is 13.5. The first kappa shape index (κ1) is 14.0. The quantitative estimate of drug-likeness (QED) is 0.798. The number of ketones is 1. The predicted molar refractivity (Wildman–Crippen MR) is 69.1 cm³/mol. The van der Waals surface area contributed by atoms with Crippen LogP contribution >= 0.6 is 0 Å². The molecule has 0 aliphatic carbocycles. The van der Waals surface area contributed by atoms with E-state index in [9.17, 15) is 9.18 Å². The number of ether oxygens (including phenoxy) is 2. The summed E-state index contributed by atoms with van der Waals surface area (Å²) in [6, 6.07) is 4.23. The number of carbonyl (C=O) groups excluding carboxylic acids is 1. The summed E-state index contributed by atoms with van der Waals surface area (Å²) in [7, 11) is 1.39. The fourth-order valence-corrected chi connectivity index (χ4v) is 2.09. The lowest BCUT2D eigenvalue weighted by Gasteiger charge is -2.10. The van der Waals surface area contributed by atoms with Gasteiger partial charge in [0.05, 0.1) is 19.8 Å². The van der Waals surface area contributed by atoms with Crippen molar-refractivity contribution < 1.29 is 18.7 Å². The second-order valence-electron chi connectivity index (χ2n) is 4.54. The van der Waals surface area contributed by atoms with E-state index in [0.29, 0.717) is 12.1 Å². The fourth-order valence-electron chi connectivity index (χ4n) is 2.09. The fraction of sp³-hybridized carbons (Fsp3) is 0.500. The van der Waals surface area contributed by atoms with E-state index in [0.717, 1.165) is 19.4 Å². The molecule has 0 saturated carbocycles. The molecule has 1 aliphatic rings. The summed E-state index contributed by atoms with van der Waals surface area (Å²) in [6.07, 6.45) is 2.29. The van der Waals surface area contributed by atoms with Gasteiger partial charge < -0.3 is 14.8 Å². The second kappa shape index (κ2) is 6.63. The number of Topliss-reactive ketones (excluding diaryl/α,β-unsaturated/α-hetero) is 1. The van der Waals surface area contributed by atoms with Gasteiger partial charge >= 0.3 is 0 Å². The van der Waals surface area contributed by atoms with Crippen LogP contribution in [0, 0.1) is 5.82 Å². The maximum absolute atomic E-state index is 13.5. The van der Waals surface area contributed by atoms with Gasteiger partial charge in [-0.1, -0.05) is 0 Å². The van der Waals surface area contributed by atoms with Gasteiger partial charge in [0.15, 0.2) is 17.3 Å². The van der Waals surface area contributed by atoms with E-state index in [4.69, 9.17) is 9.47 Å². The van der Waals surface area contributed by atoms with Crippen LogP contribution in [0.3, 0.4) is 0 Å². The molecular formula is C14H18FNO3. The summed E-state index contributed by atoms with van der Waals surface area (Å²) >= 11 is 0. The molecule has 1 unspecified atom stereocenters. The molecule has 0 aromatic heterocycles. The Balaban J connectivity index is 1.83. The number of benzene rings is 1. The number of halogens is 1. The van der Waals surface area contributed by atoms with Gasteiger partial charge in [0.25, 0.3) is 0 Å². The van der Waals surface area contributed by atoms with Crippen LogP contribution in [0.15, 0.2) is 18.2 Å². The zero-order valence-corrected chi connectivity index (χ0v) is 10.9. The van der Waals surface area contributed by atoms with Crippen LogP contribution in [0.2, 0.25) is 0 Å². The van der Waals surface area contributed by atoms with E-state index in [2.05, 4.69) is 5.32 Å². The van der Waals surface area contributed by atoms with Gasteiger partial charge in [0, 0.05) is 18.7 Å². The molecule has 0 spiro atoms. The van der Waals surface area contributed by atoms with Crippen molar-refractivity contribution in [3.8, 4) is 5.75 Å². The predicted octanol–water partition coefficient (Wildman–Crippen LogP) is 1.79. The molecule has 1 atom stereocenters. The van der Waals surface area contributed by atoms with Crippen LogP contribution in [-0.4, -0.2) is 38.7 Å². The molecule has 1 aromatic rings. The molecule has 1 saturated heterocycles. The second-order valence-corrected chi connectivity index (χ2v) is 4.54. The molecule has 5 heteroatoms. The smallest absolute Gasteiger partial charge is 0.176 e. The Kier molecular flexibility index (Phi) is 4.87. The first-order chi connectivity index (χ1) is 9.20. The average molecular weight is 267 g/mol. The molecule has 1 fully saturated rings.